The van der Waals surface area contributed by atoms with Crippen molar-refractivity contribution in [3.63, 3.8) is 0 Å². The van der Waals surface area contributed by atoms with E-state index < -0.39 is 15.1 Å². The van der Waals surface area contributed by atoms with Crippen LogP contribution in [0.3, 0.4) is 0 Å². The zero-order chi connectivity index (χ0) is 31.6. The first kappa shape index (κ1) is 32.5. The molecule has 3 N–H and O–H groups in total. The number of hydrogen-bond donors (Lipinski definition) is 3. The van der Waals surface area contributed by atoms with Gasteiger partial charge in [0.05, 0.1) is 28.9 Å². The van der Waals surface area contributed by atoms with Crippen molar-refractivity contribution in [1.82, 2.24) is 30.0 Å². The van der Waals surface area contributed by atoms with Crippen molar-refractivity contribution in [2.75, 3.05) is 37.8 Å². The van der Waals surface area contributed by atoms with Gasteiger partial charge < -0.3 is 25.6 Å². The Labute approximate surface area is 266 Å². The van der Waals surface area contributed by atoms with Crippen LogP contribution in [-0.2, 0) is 16.9 Å². The minimum atomic E-state index is -3.64. The Morgan fingerprint density at radius 1 is 1.09 bits per heavy atom. The Morgan fingerprint density at radius 3 is 2.48 bits per heavy atom. The van der Waals surface area contributed by atoms with E-state index in [4.69, 9.17) is 16.3 Å². The highest BCUT2D eigenvalue weighted by molar-refractivity contribution is 7.92. The van der Waals surface area contributed by atoms with Gasteiger partial charge in [-0.25, -0.2) is 13.4 Å². The lowest BCUT2D eigenvalue weighted by atomic mass is 9.80. The fourth-order valence-electron chi connectivity index (χ4n) is 5.56. The number of hydrogen-bond acceptors (Lipinski definition) is 10. The van der Waals surface area contributed by atoms with Crippen molar-refractivity contribution in [1.29, 1.82) is 0 Å². The van der Waals surface area contributed by atoms with Crippen LogP contribution in [-0.4, -0.2) is 77.6 Å². The maximum atomic E-state index is 12.9. The quantitative estimate of drug-likeness (QED) is 0.218. The minimum Gasteiger partial charge on any atom is -0.488 e. The molecule has 5 rings (SSSR count). The number of aryl methyl sites for hydroxylation is 2. The molecule has 0 amide bonds. The lowest BCUT2D eigenvalue weighted by Crippen LogP contribution is -2.37. The first-order valence-electron chi connectivity index (χ1n) is 15.4. The molecule has 2 aliphatic rings. The number of ether oxygens (including phenoxy) is 1. The Hall–Kier alpha value is -2.93. The third-order valence-corrected chi connectivity index (χ3v) is 10.6. The molecule has 0 radical (unpaired) electrons. The largest absolute Gasteiger partial charge is 0.488 e. The molecule has 2 aliphatic carbocycles. The summed E-state index contributed by atoms with van der Waals surface area (Å²) < 4.78 is 33.7. The maximum absolute atomic E-state index is 12.9. The van der Waals surface area contributed by atoms with Crippen LogP contribution in [0.1, 0.15) is 69.4 Å². The second-order valence-electron chi connectivity index (χ2n) is 12.6. The highest BCUT2D eigenvalue weighted by Gasteiger charge is 2.29. The molecule has 0 atom stereocenters. The summed E-state index contributed by atoms with van der Waals surface area (Å²) in [7, 11) is 2.25. The summed E-state index contributed by atoms with van der Waals surface area (Å²) in [6, 6.07) is 4.90. The number of aromatic nitrogens is 4. The minimum absolute atomic E-state index is 0.0519. The van der Waals surface area contributed by atoms with E-state index in [-0.39, 0.29) is 22.0 Å². The zero-order valence-electron chi connectivity index (χ0n) is 26.5. The topological polar surface area (TPSA) is 126 Å². The average molecular weight is 645 g/mol. The molecule has 13 heteroatoms. The van der Waals surface area contributed by atoms with Gasteiger partial charge in [-0.2, -0.15) is 10.1 Å². The summed E-state index contributed by atoms with van der Waals surface area (Å²) in [5, 5.41) is 13.9. The van der Waals surface area contributed by atoms with Crippen LogP contribution in [0.5, 0.6) is 5.75 Å². The summed E-state index contributed by atoms with van der Waals surface area (Å²) in [5.74, 6) is 1.87. The lowest BCUT2D eigenvalue weighted by Gasteiger charge is -2.31. The number of benzene rings is 1. The molecular formula is C31H45ClN8O3S. The molecule has 11 nitrogen and oxygen atoms in total. The molecule has 0 aliphatic heterocycles. The number of likely N-dealkylation sites (N-methyl/N-ethyl adjacent to an activating group) is 1. The summed E-state index contributed by atoms with van der Waals surface area (Å²) in [4.78, 5) is 11.2. The molecule has 0 spiro atoms. The SMILES string of the molecule is Cc1cc(Nc2ncc(Cl)c(Nc3cn(C)nc3S(=O)(=O)C(C)C)n2)c(OC2CC2)cc1C1CCC(NCCN(C)C)CC1. The number of nitrogens with one attached hydrogen (secondary N) is 3. The van der Waals surface area contributed by atoms with Crippen LogP contribution < -0.4 is 20.7 Å². The normalized spacial score (nSPS) is 19.0. The van der Waals surface area contributed by atoms with Gasteiger partial charge in [-0.1, -0.05) is 11.6 Å². The predicted octanol–water partition coefficient (Wildman–Crippen LogP) is 5.56. The van der Waals surface area contributed by atoms with E-state index in [2.05, 4.69) is 69.1 Å². The summed E-state index contributed by atoms with van der Waals surface area (Å²) in [6.07, 6.45) is 10.0. The van der Waals surface area contributed by atoms with Crippen molar-refractivity contribution < 1.29 is 13.2 Å². The van der Waals surface area contributed by atoms with Crippen LogP contribution >= 0.6 is 11.6 Å². The highest BCUT2D eigenvalue weighted by Crippen LogP contribution is 2.41. The molecule has 3 aromatic rings. The Kier molecular flexibility index (Phi) is 10.0. The molecule has 0 saturated heterocycles. The second-order valence-corrected chi connectivity index (χ2v) is 15.4. The van der Waals surface area contributed by atoms with Gasteiger partial charge in [0.2, 0.25) is 20.8 Å². The second kappa shape index (κ2) is 13.6. The van der Waals surface area contributed by atoms with E-state index in [0.717, 1.165) is 50.2 Å². The van der Waals surface area contributed by atoms with Gasteiger partial charge in [-0.05, 0) is 103 Å². The first-order valence-corrected chi connectivity index (χ1v) is 17.4. The smallest absolute Gasteiger partial charge is 0.229 e. The molecule has 0 bridgehead atoms. The van der Waals surface area contributed by atoms with E-state index in [0.29, 0.717) is 23.6 Å². The number of sulfone groups is 1. The standard InChI is InChI=1S/C31H45ClN8O3S/c1-19(2)44(41,42)30-27(18-40(6)38-30)35-29-25(32)17-34-31(37-29)36-26-15-20(3)24(16-28(26)43-23-11-12-23)21-7-9-22(10-8-21)33-13-14-39(4)5/h15-19,21-23,33H,7-14H2,1-6H3,(H2,34,35,36,37). The third kappa shape index (κ3) is 7.82. The molecule has 2 aromatic heterocycles. The van der Waals surface area contributed by atoms with Gasteiger partial charge in [0, 0.05) is 32.4 Å². The number of nitrogens with zero attached hydrogens (tertiary/aromatic N) is 5. The van der Waals surface area contributed by atoms with Gasteiger partial charge in [0.15, 0.2) is 5.82 Å². The van der Waals surface area contributed by atoms with Gasteiger partial charge >= 0.3 is 0 Å². The van der Waals surface area contributed by atoms with Crippen LogP contribution in [0.4, 0.5) is 23.1 Å². The van der Waals surface area contributed by atoms with E-state index in [1.54, 1.807) is 27.1 Å². The molecular weight excluding hydrogens is 600 g/mol. The summed E-state index contributed by atoms with van der Waals surface area (Å²) in [5.41, 5.74) is 3.63. The van der Waals surface area contributed by atoms with Crippen molar-refractivity contribution in [3.05, 3.63) is 40.7 Å². The number of rotatable bonds is 13. The summed E-state index contributed by atoms with van der Waals surface area (Å²) >= 11 is 6.45. The molecule has 0 unspecified atom stereocenters. The molecule has 2 saturated carbocycles. The van der Waals surface area contributed by atoms with Crippen LogP contribution in [0.2, 0.25) is 5.02 Å². The van der Waals surface area contributed by atoms with Crippen molar-refractivity contribution in [3.8, 4) is 5.75 Å². The zero-order valence-corrected chi connectivity index (χ0v) is 28.1. The van der Waals surface area contributed by atoms with Gasteiger partial charge in [0.1, 0.15) is 10.8 Å². The van der Waals surface area contributed by atoms with Crippen LogP contribution in [0.15, 0.2) is 29.6 Å². The van der Waals surface area contributed by atoms with Crippen molar-refractivity contribution in [2.24, 2.45) is 7.05 Å². The van der Waals surface area contributed by atoms with Crippen LogP contribution in [0.25, 0.3) is 0 Å². The number of halogens is 1. The van der Waals surface area contributed by atoms with Gasteiger partial charge in [-0.15, -0.1) is 0 Å². The first-order chi connectivity index (χ1) is 20.9. The molecule has 1 aromatic carbocycles. The molecule has 2 fully saturated rings. The van der Waals surface area contributed by atoms with Crippen molar-refractivity contribution >= 4 is 44.6 Å². The Bertz CT molecular complexity index is 1560. The predicted molar refractivity (Wildman–Crippen MR) is 176 cm³/mol. The third-order valence-electron chi connectivity index (χ3n) is 8.27. The van der Waals surface area contributed by atoms with Crippen LogP contribution in [0, 0.1) is 6.92 Å². The molecule has 44 heavy (non-hydrogen) atoms. The lowest BCUT2D eigenvalue weighted by molar-refractivity contribution is 0.302. The highest BCUT2D eigenvalue weighted by atomic mass is 35.5. The Morgan fingerprint density at radius 2 is 1.82 bits per heavy atom. The average Bonchev–Trinajstić information content (AvgIpc) is 3.71. The molecule has 2 heterocycles. The van der Waals surface area contributed by atoms with E-state index in [1.165, 1.54) is 34.8 Å². The fraction of sp³-hybridized carbons (Fsp3) is 0.581. The van der Waals surface area contributed by atoms with Crippen molar-refractivity contribution in [2.45, 2.75) is 87.6 Å². The maximum Gasteiger partial charge on any atom is 0.229 e. The van der Waals surface area contributed by atoms with E-state index >= 15 is 0 Å². The monoisotopic (exact) mass is 644 g/mol. The molecule has 240 valence electrons. The van der Waals surface area contributed by atoms with E-state index in [1.807, 2.05) is 0 Å². The van der Waals surface area contributed by atoms with E-state index in [9.17, 15) is 8.42 Å². The Balaban J connectivity index is 1.35. The fourth-order valence-corrected chi connectivity index (χ4v) is 6.79. The number of anilines is 4. The van der Waals surface area contributed by atoms with Gasteiger partial charge in [-0.3, -0.25) is 4.68 Å². The van der Waals surface area contributed by atoms with Gasteiger partial charge in [0.25, 0.3) is 0 Å². The summed E-state index contributed by atoms with van der Waals surface area (Å²) in [6.45, 7) is 7.47.